The van der Waals surface area contributed by atoms with Gasteiger partial charge in [-0.05, 0) is 58.7 Å². The number of rotatable bonds is 5. The minimum absolute atomic E-state index is 0.170. The molecule has 7 nitrogen and oxygen atoms in total. The third kappa shape index (κ3) is 4.33. The van der Waals surface area contributed by atoms with E-state index < -0.39 is 0 Å². The van der Waals surface area contributed by atoms with Crippen LogP contribution >= 0.6 is 11.3 Å². The van der Waals surface area contributed by atoms with Gasteiger partial charge in [0.2, 0.25) is 0 Å². The highest BCUT2D eigenvalue weighted by molar-refractivity contribution is 7.14. The number of aryl methyl sites for hydroxylation is 1. The number of pyridine rings is 1. The minimum Gasteiger partial charge on any atom is -0.298 e. The molecule has 0 spiro atoms. The molecule has 4 rings (SSSR count). The summed E-state index contributed by atoms with van der Waals surface area (Å²) in [4.78, 5) is 24.6. The Morgan fingerprint density at radius 3 is 2.79 bits per heavy atom. The monoisotopic (exact) mass is 412 g/mol. The molecule has 0 aliphatic carbocycles. The molecular formula is C21H28N6OS. The summed E-state index contributed by atoms with van der Waals surface area (Å²) in [6.07, 6.45) is 4.21. The summed E-state index contributed by atoms with van der Waals surface area (Å²) >= 11 is 1.48. The smallest absolute Gasteiger partial charge is 0.258 e. The van der Waals surface area contributed by atoms with E-state index in [4.69, 9.17) is 0 Å². The SMILES string of the molecule is Cc1cc(C(=O)Nc2nc(CN3CCC(C)CC3)cs2)c2cnn(C(C)C)c2n1. The standard InChI is InChI=1S/C21H28N6OS/c1-13(2)27-19-18(10-22-27)17(9-15(4)23-19)20(28)25-21-24-16(12-29-21)11-26-7-5-14(3)6-8-26/h9-10,12-14H,5-8,11H2,1-4H3,(H,24,25,28). The van der Waals surface area contributed by atoms with E-state index >= 15 is 0 Å². The van der Waals surface area contributed by atoms with Crippen LogP contribution in [-0.4, -0.2) is 43.6 Å². The van der Waals surface area contributed by atoms with Crippen LogP contribution in [0, 0.1) is 12.8 Å². The van der Waals surface area contributed by atoms with Crippen molar-refractivity contribution in [2.75, 3.05) is 18.4 Å². The largest absolute Gasteiger partial charge is 0.298 e. The summed E-state index contributed by atoms with van der Waals surface area (Å²) in [5, 5.41) is 10.8. The van der Waals surface area contributed by atoms with Crippen molar-refractivity contribution < 1.29 is 4.79 Å². The first-order chi connectivity index (χ1) is 13.9. The Morgan fingerprint density at radius 1 is 1.31 bits per heavy atom. The Labute approximate surface area is 175 Å². The van der Waals surface area contributed by atoms with Crippen LogP contribution in [0.15, 0.2) is 17.6 Å². The lowest BCUT2D eigenvalue weighted by Gasteiger charge is -2.29. The van der Waals surface area contributed by atoms with E-state index in [1.54, 1.807) is 6.20 Å². The minimum atomic E-state index is -0.170. The molecule has 8 heteroatoms. The van der Waals surface area contributed by atoms with Gasteiger partial charge in [-0.15, -0.1) is 11.3 Å². The number of piperidine rings is 1. The third-order valence-electron chi connectivity index (χ3n) is 5.46. The molecule has 0 bridgehead atoms. The number of thiazole rings is 1. The quantitative estimate of drug-likeness (QED) is 0.678. The molecule has 1 aliphatic heterocycles. The number of likely N-dealkylation sites (tertiary alicyclic amines) is 1. The number of carbonyl (C=O) groups excluding carboxylic acids is 1. The number of nitrogens with zero attached hydrogens (tertiary/aromatic N) is 5. The molecule has 1 fully saturated rings. The van der Waals surface area contributed by atoms with E-state index in [-0.39, 0.29) is 11.9 Å². The van der Waals surface area contributed by atoms with Crippen molar-refractivity contribution in [3.8, 4) is 0 Å². The van der Waals surface area contributed by atoms with Crippen molar-refractivity contribution in [1.82, 2.24) is 24.6 Å². The Balaban J connectivity index is 1.49. The average Bonchev–Trinajstić information content (AvgIpc) is 3.29. The number of anilines is 1. The lowest BCUT2D eigenvalue weighted by atomic mass is 9.99. The summed E-state index contributed by atoms with van der Waals surface area (Å²) in [6.45, 7) is 11.4. The second-order valence-corrected chi connectivity index (χ2v) is 9.15. The lowest BCUT2D eigenvalue weighted by molar-refractivity contribution is 0.102. The Kier molecular flexibility index (Phi) is 5.65. The average molecular weight is 413 g/mol. The number of hydrogen-bond acceptors (Lipinski definition) is 6. The molecule has 0 atom stereocenters. The Hall–Kier alpha value is -2.32. The number of carbonyl (C=O) groups is 1. The molecular weight excluding hydrogens is 384 g/mol. The van der Waals surface area contributed by atoms with Crippen LogP contribution < -0.4 is 5.32 Å². The number of amides is 1. The van der Waals surface area contributed by atoms with E-state index in [0.29, 0.717) is 10.7 Å². The molecule has 1 saturated heterocycles. The summed E-state index contributed by atoms with van der Waals surface area (Å²) in [6, 6.07) is 1.99. The Bertz CT molecular complexity index is 1020. The number of aromatic nitrogens is 4. The third-order valence-corrected chi connectivity index (χ3v) is 6.27. The van der Waals surface area contributed by atoms with Gasteiger partial charge in [-0.25, -0.2) is 14.6 Å². The molecule has 29 heavy (non-hydrogen) atoms. The summed E-state index contributed by atoms with van der Waals surface area (Å²) < 4.78 is 1.85. The van der Waals surface area contributed by atoms with Crippen molar-refractivity contribution in [1.29, 1.82) is 0 Å². The fraction of sp³-hybridized carbons (Fsp3) is 0.524. The van der Waals surface area contributed by atoms with Gasteiger partial charge in [0.05, 0.1) is 22.8 Å². The zero-order valence-corrected chi connectivity index (χ0v) is 18.3. The van der Waals surface area contributed by atoms with Gasteiger partial charge in [0.1, 0.15) is 0 Å². The molecule has 4 heterocycles. The molecule has 0 saturated carbocycles. The van der Waals surface area contributed by atoms with Crippen molar-refractivity contribution in [3.63, 3.8) is 0 Å². The van der Waals surface area contributed by atoms with E-state index in [1.165, 1.54) is 24.2 Å². The van der Waals surface area contributed by atoms with Crippen molar-refractivity contribution in [2.24, 2.45) is 5.92 Å². The number of hydrogen-bond donors (Lipinski definition) is 1. The van der Waals surface area contributed by atoms with E-state index in [9.17, 15) is 4.79 Å². The second-order valence-electron chi connectivity index (χ2n) is 8.29. The fourth-order valence-corrected chi connectivity index (χ4v) is 4.46. The molecule has 0 aromatic carbocycles. The first-order valence-corrected chi connectivity index (χ1v) is 11.1. The van der Waals surface area contributed by atoms with Gasteiger partial charge in [0, 0.05) is 23.7 Å². The van der Waals surface area contributed by atoms with Crippen LogP contribution in [0.2, 0.25) is 0 Å². The van der Waals surface area contributed by atoms with Crippen molar-refractivity contribution >= 4 is 33.4 Å². The summed E-state index contributed by atoms with van der Waals surface area (Å²) in [5.41, 5.74) is 3.14. The number of nitrogens with one attached hydrogen (secondary N) is 1. The Morgan fingerprint density at radius 2 is 2.07 bits per heavy atom. The first-order valence-electron chi connectivity index (χ1n) is 10.2. The van der Waals surface area contributed by atoms with Crippen LogP contribution in [0.4, 0.5) is 5.13 Å². The highest BCUT2D eigenvalue weighted by atomic mass is 32.1. The van der Waals surface area contributed by atoms with Crippen LogP contribution in [0.1, 0.15) is 61.4 Å². The molecule has 3 aromatic rings. The zero-order chi connectivity index (χ0) is 20.5. The molecule has 0 radical (unpaired) electrons. The predicted octanol–water partition coefficient (Wildman–Crippen LogP) is 4.26. The fourth-order valence-electron chi connectivity index (χ4n) is 3.76. The zero-order valence-electron chi connectivity index (χ0n) is 17.5. The van der Waals surface area contributed by atoms with Gasteiger partial charge in [0.25, 0.3) is 5.91 Å². The van der Waals surface area contributed by atoms with Gasteiger partial charge in [-0.1, -0.05) is 6.92 Å². The van der Waals surface area contributed by atoms with E-state index in [0.717, 1.165) is 48.0 Å². The molecule has 1 amide bonds. The molecule has 3 aromatic heterocycles. The van der Waals surface area contributed by atoms with Gasteiger partial charge in [-0.3, -0.25) is 15.0 Å². The lowest BCUT2D eigenvalue weighted by Crippen LogP contribution is -2.32. The summed E-state index contributed by atoms with van der Waals surface area (Å²) in [7, 11) is 0. The van der Waals surface area contributed by atoms with Crippen LogP contribution in [0.25, 0.3) is 11.0 Å². The van der Waals surface area contributed by atoms with Gasteiger partial charge < -0.3 is 0 Å². The molecule has 1 N–H and O–H groups in total. The highest BCUT2D eigenvalue weighted by Gasteiger charge is 2.19. The topological polar surface area (TPSA) is 75.9 Å². The summed E-state index contributed by atoms with van der Waals surface area (Å²) in [5.74, 6) is 0.647. The van der Waals surface area contributed by atoms with Crippen molar-refractivity contribution in [3.05, 3.63) is 34.6 Å². The van der Waals surface area contributed by atoms with Gasteiger partial charge >= 0.3 is 0 Å². The van der Waals surface area contributed by atoms with Gasteiger partial charge in [-0.2, -0.15) is 5.10 Å². The predicted molar refractivity (Wildman–Crippen MR) is 116 cm³/mol. The normalized spacial score (nSPS) is 16.0. The van der Waals surface area contributed by atoms with Crippen LogP contribution in [0.5, 0.6) is 0 Å². The van der Waals surface area contributed by atoms with E-state index in [2.05, 4.69) is 46.1 Å². The number of fused-ring (bicyclic) bond motifs is 1. The second kappa shape index (κ2) is 8.20. The first kappa shape index (κ1) is 20.0. The maximum atomic E-state index is 13.0. The highest BCUT2D eigenvalue weighted by Crippen LogP contribution is 2.24. The molecule has 1 aliphatic rings. The maximum Gasteiger partial charge on any atom is 0.258 e. The molecule has 154 valence electrons. The van der Waals surface area contributed by atoms with E-state index in [1.807, 2.05) is 23.1 Å². The van der Waals surface area contributed by atoms with Crippen LogP contribution in [-0.2, 0) is 6.54 Å². The van der Waals surface area contributed by atoms with Crippen molar-refractivity contribution in [2.45, 2.75) is 53.1 Å². The van der Waals surface area contributed by atoms with Gasteiger partial charge in [0.15, 0.2) is 10.8 Å². The van der Waals surface area contributed by atoms with Crippen LogP contribution in [0.3, 0.4) is 0 Å². The maximum absolute atomic E-state index is 13.0. The molecule has 0 unspecified atom stereocenters.